The number of aromatic amines is 1. The minimum Gasteiger partial charge on any atom is -0.360 e. The van der Waals surface area contributed by atoms with Gasteiger partial charge >= 0.3 is 0 Å². The number of aryl methyl sites for hydroxylation is 1. The minimum atomic E-state index is -4.31. The molecule has 12 heteroatoms. The maximum Gasteiger partial charge on any atom is 0.267 e. The number of anilines is 1. The topological polar surface area (TPSA) is 142 Å². The Bertz CT molecular complexity index is 1500. The Morgan fingerprint density at radius 3 is 2.74 bits per heavy atom. The van der Waals surface area contributed by atoms with Gasteiger partial charge in [0.1, 0.15) is 22.4 Å². The number of benzene rings is 1. The minimum absolute atomic E-state index is 0.0362. The summed E-state index contributed by atoms with van der Waals surface area (Å²) in [5.74, 6) is -3.68. The number of H-pyrrole nitrogens is 1. The van der Waals surface area contributed by atoms with Crippen LogP contribution in [-0.2, 0) is 10.0 Å². The number of carbonyl (C=O) groups excluding carboxylic acids is 1. The molecule has 2 N–H and O–H groups in total. The third kappa shape index (κ3) is 3.40. The van der Waals surface area contributed by atoms with E-state index in [-0.39, 0.29) is 32.8 Å². The zero-order chi connectivity index (χ0) is 22.3. The lowest BCUT2D eigenvalue weighted by molar-refractivity contribution is 0.103. The molecule has 4 rings (SSSR count). The molecule has 0 saturated carbocycles. The number of fused-ring (bicyclic) bond motifs is 1. The summed E-state index contributed by atoms with van der Waals surface area (Å²) in [6, 6.07) is 4.84. The van der Waals surface area contributed by atoms with Crippen molar-refractivity contribution in [2.75, 3.05) is 4.72 Å². The molecule has 0 aliphatic rings. The quantitative estimate of drug-likeness (QED) is 0.452. The predicted octanol–water partition coefficient (Wildman–Crippen LogP) is 3.04. The van der Waals surface area contributed by atoms with Crippen molar-refractivity contribution >= 4 is 32.5 Å². The number of nitriles is 1. The molecule has 0 bridgehead atoms. The second-order valence-corrected chi connectivity index (χ2v) is 8.05. The number of hydrogen-bond donors (Lipinski definition) is 2. The summed E-state index contributed by atoms with van der Waals surface area (Å²) in [5, 5.41) is 12.6. The maximum absolute atomic E-state index is 15.1. The highest BCUT2D eigenvalue weighted by Crippen LogP contribution is 2.28. The molecule has 0 radical (unpaired) electrons. The van der Waals surface area contributed by atoms with E-state index in [1.165, 1.54) is 25.4 Å². The Kier molecular flexibility index (Phi) is 4.75. The van der Waals surface area contributed by atoms with Crippen molar-refractivity contribution in [1.82, 2.24) is 15.1 Å². The van der Waals surface area contributed by atoms with Gasteiger partial charge in [-0.3, -0.25) is 9.52 Å². The maximum atomic E-state index is 15.1. The summed E-state index contributed by atoms with van der Waals surface area (Å²) in [6.45, 7) is 1.35. The molecule has 0 unspecified atom stereocenters. The monoisotopic (exact) mass is 443 g/mol. The summed E-state index contributed by atoms with van der Waals surface area (Å²) in [5.41, 5.74) is -1.35. The van der Waals surface area contributed by atoms with Crippen LogP contribution < -0.4 is 4.72 Å². The molecule has 0 saturated heterocycles. The molecule has 0 fully saturated rings. The van der Waals surface area contributed by atoms with Gasteiger partial charge in [-0.1, -0.05) is 5.16 Å². The van der Waals surface area contributed by atoms with Gasteiger partial charge in [0.15, 0.2) is 11.6 Å². The molecule has 1 aromatic carbocycles. The number of sulfonamides is 1. The average molecular weight is 443 g/mol. The number of aromatic nitrogens is 3. The molecule has 3 aromatic heterocycles. The highest BCUT2D eigenvalue weighted by atomic mass is 32.2. The summed E-state index contributed by atoms with van der Waals surface area (Å²) in [6.07, 6.45) is 3.41. The van der Waals surface area contributed by atoms with Crippen LogP contribution in [-0.4, -0.2) is 29.3 Å². The van der Waals surface area contributed by atoms with Crippen molar-refractivity contribution in [3.8, 4) is 6.07 Å². The van der Waals surface area contributed by atoms with Crippen molar-refractivity contribution in [3.05, 3.63) is 70.9 Å². The molecule has 31 heavy (non-hydrogen) atoms. The zero-order valence-corrected chi connectivity index (χ0v) is 16.4. The second kappa shape index (κ2) is 7.29. The van der Waals surface area contributed by atoms with Gasteiger partial charge in [-0.15, -0.1) is 0 Å². The summed E-state index contributed by atoms with van der Waals surface area (Å²) >= 11 is 0. The summed E-state index contributed by atoms with van der Waals surface area (Å²) in [4.78, 5) is 19.3. The van der Waals surface area contributed by atoms with E-state index in [0.717, 1.165) is 18.3 Å². The Labute approximate surface area is 173 Å². The fourth-order valence-corrected chi connectivity index (χ4v) is 4.13. The SMILES string of the molecule is Cc1oncc1S(=O)(=O)Nc1ccc(F)c(C(=O)c2c[nH]c3ncc(C#N)cc23)c1F. The van der Waals surface area contributed by atoms with Gasteiger partial charge in [-0.2, -0.15) is 5.26 Å². The Balaban J connectivity index is 1.79. The molecule has 4 aromatic rings. The van der Waals surface area contributed by atoms with Crippen molar-refractivity contribution < 1.29 is 26.5 Å². The zero-order valence-electron chi connectivity index (χ0n) is 15.6. The third-order valence-corrected chi connectivity index (χ3v) is 5.92. The first kappa shape index (κ1) is 20.2. The summed E-state index contributed by atoms with van der Waals surface area (Å²) < 4.78 is 61.2. The van der Waals surface area contributed by atoms with Crippen LogP contribution in [0.4, 0.5) is 14.5 Å². The molecule has 0 amide bonds. The van der Waals surface area contributed by atoms with Gasteiger partial charge in [0.25, 0.3) is 10.0 Å². The van der Waals surface area contributed by atoms with Crippen molar-refractivity contribution in [3.63, 3.8) is 0 Å². The largest absolute Gasteiger partial charge is 0.360 e. The number of halogens is 2. The Hall–Kier alpha value is -4.11. The van der Waals surface area contributed by atoms with Crippen LogP contribution in [0.2, 0.25) is 0 Å². The highest BCUT2D eigenvalue weighted by Gasteiger charge is 2.27. The van der Waals surface area contributed by atoms with Crippen LogP contribution in [0, 0.1) is 29.9 Å². The molecule has 0 aliphatic heterocycles. The third-order valence-electron chi connectivity index (χ3n) is 4.46. The van der Waals surface area contributed by atoms with E-state index < -0.39 is 38.7 Å². The molecule has 9 nitrogen and oxygen atoms in total. The Morgan fingerprint density at radius 1 is 1.29 bits per heavy atom. The summed E-state index contributed by atoms with van der Waals surface area (Å²) in [7, 11) is -4.31. The molecule has 0 spiro atoms. The van der Waals surface area contributed by atoms with Crippen molar-refractivity contribution in [2.24, 2.45) is 0 Å². The van der Waals surface area contributed by atoms with Crippen LogP contribution >= 0.6 is 0 Å². The van der Waals surface area contributed by atoms with E-state index in [9.17, 15) is 17.6 Å². The average Bonchev–Trinajstić information content (AvgIpc) is 3.36. The van der Waals surface area contributed by atoms with E-state index in [2.05, 4.69) is 15.1 Å². The number of carbonyl (C=O) groups is 1. The highest BCUT2D eigenvalue weighted by molar-refractivity contribution is 7.92. The van der Waals surface area contributed by atoms with Gasteiger partial charge in [0.05, 0.1) is 23.0 Å². The lowest BCUT2D eigenvalue weighted by Crippen LogP contribution is -2.16. The van der Waals surface area contributed by atoms with Gasteiger partial charge in [0.2, 0.25) is 5.78 Å². The predicted molar refractivity (Wildman–Crippen MR) is 103 cm³/mol. The number of rotatable bonds is 5. The van der Waals surface area contributed by atoms with Crippen LogP contribution in [0.5, 0.6) is 0 Å². The van der Waals surface area contributed by atoms with Crippen molar-refractivity contribution in [1.29, 1.82) is 5.26 Å². The number of pyridine rings is 1. The first-order valence-electron chi connectivity index (χ1n) is 8.57. The molecule has 0 atom stereocenters. The van der Waals surface area contributed by atoms with Gasteiger partial charge < -0.3 is 9.51 Å². The van der Waals surface area contributed by atoms with E-state index in [1.54, 1.807) is 0 Å². The van der Waals surface area contributed by atoms with Crippen LogP contribution in [0.25, 0.3) is 11.0 Å². The molecule has 0 aliphatic carbocycles. The van der Waals surface area contributed by atoms with Crippen LogP contribution in [0.3, 0.4) is 0 Å². The van der Waals surface area contributed by atoms with E-state index in [1.807, 2.05) is 10.8 Å². The lowest BCUT2D eigenvalue weighted by Gasteiger charge is -2.11. The normalized spacial score (nSPS) is 11.4. The second-order valence-electron chi connectivity index (χ2n) is 6.40. The molecular formula is C19H11F2N5O4S. The fourth-order valence-electron chi connectivity index (χ4n) is 2.97. The van der Waals surface area contributed by atoms with Gasteiger partial charge in [-0.25, -0.2) is 22.2 Å². The van der Waals surface area contributed by atoms with Gasteiger partial charge in [0, 0.05) is 23.3 Å². The standard InChI is InChI=1S/C19H11F2N5O4S/c1-9-15(8-25-30-9)31(28,29)26-14-3-2-13(20)16(17(14)21)18(27)12-7-24-19-11(12)4-10(5-22)6-23-19/h2-4,6-8,26H,1H3,(H,23,24). The first-order chi connectivity index (χ1) is 14.7. The van der Waals surface area contributed by atoms with E-state index in [0.29, 0.717) is 0 Å². The van der Waals surface area contributed by atoms with E-state index in [4.69, 9.17) is 9.78 Å². The smallest absolute Gasteiger partial charge is 0.267 e. The number of hydrogen-bond acceptors (Lipinski definition) is 7. The Morgan fingerprint density at radius 2 is 2.06 bits per heavy atom. The van der Waals surface area contributed by atoms with Crippen molar-refractivity contribution in [2.45, 2.75) is 11.8 Å². The lowest BCUT2D eigenvalue weighted by atomic mass is 10.0. The van der Waals surface area contributed by atoms with E-state index >= 15 is 4.39 Å². The van der Waals surface area contributed by atoms with Crippen LogP contribution in [0.15, 0.2) is 46.2 Å². The number of nitrogens with one attached hydrogen (secondary N) is 2. The number of nitrogens with zero attached hydrogens (tertiary/aromatic N) is 3. The van der Waals surface area contributed by atoms with Gasteiger partial charge in [-0.05, 0) is 25.1 Å². The fraction of sp³-hybridized carbons (Fsp3) is 0.0526. The number of ketones is 1. The first-order valence-corrected chi connectivity index (χ1v) is 10.0. The molecule has 3 heterocycles. The molecular weight excluding hydrogens is 432 g/mol. The molecule has 156 valence electrons. The van der Waals surface area contributed by atoms with Crippen LogP contribution in [0.1, 0.15) is 27.2 Å².